The Labute approximate surface area is 108 Å². The molecular formula is C13H18ClNO2. The lowest BCUT2D eigenvalue weighted by atomic mass is 9.86. The van der Waals surface area contributed by atoms with Crippen molar-refractivity contribution in [2.45, 2.75) is 25.0 Å². The number of ketones is 1. The fraction of sp³-hybridized carbons (Fsp3) is 0.462. The standard InChI is InChI=1S/C13H17NO2.ClH/c1-13(16)9-14(2)11(8-12(13)15)10-6-4-3-5-7-10;/h3-7,11,16H,8-9H2,1-2H3;1H/t11-,13+;/m0./s1. The van der Waals surface area contributed by atoms with E-state index in [1.54, 1.807) is 6.92 Å². The molecule has 1 fully saturated rings. The van der Waals surface area contributed by atoms with E-state index in [2.05, 4.69) is 0 Å². The number of carbonyl (C=O) groups is 1. The lowest BCUT2D eigenvalue weighted by Crippen LogP contribution is -2.52. The van der Waals surface area contributed by atoms with Gasteiger partial charge in [0.15, 0.2) is 5.78 Å². The molecule has 0 unspecified atom stereocenters. The summed E-state index contributed by atoms with van der Waals surface area (Å²) < 4.78 is 0. The summed E-state index contributed by atoms with van der Waals surface area (Å²) in [7, 11) is 1.94. The minimum Gasteiger partial charge on any atom is -0.381 e. The molecule has 1 saturated heterocycles. The molecule has 1 N–H and O–H groups in total. The molecule has 1 aromatic carbocycles. The summed E-state index contributed by atoms with van der Waals surface area (Å²) in [6.07, 6.45) is 0.382. The number of Topliss-reactive ketones (excluding diaryl/α,β-unsaturated/α-hetero) is 1. The lowest BCUT2D eigenvalue weighted by Gasteiger charge is -2.39. The molecule has 0 bridgehead atoms. The van der Waals surface area contributed by atoms with Gasteiger partial charge in [0.05, 0.1) is 0 Å². The third-order valence-electron chi connectivity index (χ3n) is 3.25. The van der Waals surface area contributed by atoms with Gasteiger partial charge < -0.3 is 5.11 Å². The Morgan fingerprint density at radius 3 is 2.53 bits per heavy atom. The third kappa shape index (κ3) is 2.86. The lowest BCUT2D eigenvalue weighted by molar-refractivity contribution is -0.144. The molecule has 0 spiro atoms. The van der Waals surface area contributed by atoms with E-state index < -0.39 is 5.60 Å². The monoisotopic (exact) mass is 255 g/mol. The normalized spacial score (nSPS) is 29.8. The molecule has 0 amide bonds. The van der Waals surface area contributed by atoms with Gasteiger partial charge in [-0.05, 0) is 19.5 Å². The van der Waals surface area contributed by atoms with E-state index in [1.165, 1.54) is 0 Å². The van der Waals surface area contributed by atoms with E-state index in [0.29, 0.717) is 13.0 Å². The average molecular weight is 256 g/mol. The maximum absolute atomic E-state index is 11.8. The molecule has 1 heterocycles. The molecular weight excluding hydrogens is 238 g/mol. The van der Waals surface area contributed by atoms with Gasteiger partial charge in [-0.15, -0.1) is 12.4 Å². The zero-order valence-electron chi connectivity index (χ0n) is 10.1. The van der Waals surface area contributed by atoms with Crippen molar-refractivity contribution in [3.05, 3.63) is 35.9 Å². The van der Waals surface area contributed by atoms with Crippen molar-refractivity contribution in [2.75, 3.05) is 13.6 Å². The molecule has 0 saturated carbocycles. The SMILES string of the molecule is CN1C[C@@](C)(O)C(=O)C[C@H]1c1ccccc1.Cl. The Morgan fingerprint density at radius 2 is 1.94 bits per heavy atom. The summed E-state index contributed by atoms with van der Waals surface area (Å²) in [6, 6.07) is 10.0. The Bertz CT molecular complexity index is 392. The van der Waals surface area contributed by atoms with E-state index in [9.17, 15) is 9.90 Å². The number of aliphatic hydroxyl groups is 1. The highest BCUT2D eigenvalue weighted by Crippen LogP contribution is 2.31. The summed E-state index contributed by atoms with van der Waals surface area (Å²) in [5.41, 5.74) is -0.0612. The van der Waals surface area contributed by atoms with Gasteiger partial charge in [-0.25, -0.2) is 0 Å². The number of carbonyl (C=O) groups excluding carboxylic acids is 1. The molecule has 1 aliphatic rings. The summed E-state index contributed by atoms with van der Waals surface area (Å²) in [5, 5.41) is 9.89. The van der Waals surface area contributed by atoms with Crippen LogP contribution in [0.2, 0.25) is 0 Å². The second-order valence-electron chi connectivity index (χ2n) is 4.74. The molecule has 1 aromatic rings. The molecule has 17 heavy (non-hydrogen) atoms. The van der Waals surface area contributed by atoms with Crippen LogP contribution in [-0.4, -0.2) is 35.0 Å². The zero-order valence-corrected chi connectivity index (χ0v) is 10.9. The first kappa shape index (κ1) is 14.2. The van der Waals surface area contributed by atoms with Crippen LogP contribution in [0.25, 0.3) is 0 Å². The van der Waals surface area contributed by atoms with Crippen LogP contribution in [0.15, 0.2) is 30.3 Å². The van der Waals surface area contributed by atoms with Crippen LogP contribution in [-0.2, 0) is 4.79 Å². The van der Waals surface area contributed by atoms with Crippen LogP contribution in [0.4, 0.5) is 0 Å². The van der Waals surface area contributed by atoms with Crippen LogP contribution in [0, 0.1) is 0 Å². The number of rotatable bonds is 1. The first-order valence-electron chi connectivity index (χ1n) is 5.51. The minimum absolute atomic E-state index is 0. The zero-order chi connectivity index (χ0) is 11.8. The average Bonchev–Trinajstić information content (AvgIpc) is 2.24. The molecule has 2 atom stereocenters. The first-order chi connectivity index (χ1) is 7.50. The molecule has 2 rings (SSSR count). The van der Waals surface area contributed by atoms with Gasteiger partial charge in [0.1, 0.15) is 5.60 Å². The number of benzene rings is 1. The number of piperidine rings is 1. The topological polar surface area (TPSA) is 40.5 Å². The number of nitrogens with zero attached hydrogens (tertiary/aromatic N) is 1. The number of β-amino-alcohol motifs (C(OH)–C–C–N with tert-alkyl or cyclic N) is 1. The van der Waals surface area contributed by atoms with E-state index in [1.807, 2.05) is 42.3 Å². The van der Waals surface area contributed by atoms with Gasteiger partial charge in [-0.1, -0.05) is 30.3 Å². The van der Waals surface area contributed by atoms with Crippen LogP contribution >= 0.6 is 12.4 Å². The number of likely N-dealkylation sites (tertiary alicyclic amines) is 1. The highest BCUT2D eigenvalue weighted by atomic mass is 35.5. The molecule has 4 heteroatoms. The maximum atomic E-state index is 11.8. The van der Waals surface area contributed by atoms with Crippen LogP contribution in [0.5, 0.6) is 0 Å². The van der Waals surface area contributed by atoms with Gasteiger partial charge in [-0.3, -0.25) is 9.69 Å². The van der Waals surface area contributed by atoms with Crippen molar-refractivity contribution in [1.29, 1.82) is 0 Å². The molecule has 0 radical (unpaired) electrons. The van der Waals surface area contributed by atoms with Crippen molar-refractivity contribution in [1.82, 2.24) is 4.90 Å². The van der Waals surface area contributed by atoms with Gasteiger partial charge in [0.25, 0.3) is 0 Å². The predicted octanol–water partition coefficient (Wildman–Crippen LogP) is 1.81. The summed E-state index contributed by atoms with van der Waals surface area (Å²) in [4.78, 5) is 13.8. The second kappa shape index (κ2) is 5.17. The van der Waals surface area contributed by atoms with Crippen molar-refractivity contribution in [2.24, 2.45) is 0 Å². The van der Waals surface area contributed by atoms with E-state index in [-0.39, 0.29) is 24.2 Å². The van der Waals surface area contributed by atoms with E-state index in [0.717, 1.165) is 5.56 Å². The fourth-order valence-corrected chi connectivity index (χ4v) is 2.28. The Hall–Kier alpha value is -0.900. The summed E-state index contributed by atoms with van der Waals surface area (Å²) in [6.45, 7) is 1.98. The molecule has 3 nitrogen and oxygen atoms in total. The van der Waals surface area contributed by atoms with Crippen LogP contribution < -0.4 is 0 Å². The number of hydrogen-bond donors (Lipinski definition) is 1. The van der Waals surface area contributed by atoms with Crippen molar-refractivity contribution in [3.63, 3.8) is 0 Å². The van der Waals surface area contributed by atoms with Gasteiger partial charge >= 0.3 is 0 Å². The van der Waals surface area contributed by atoms with Crippen LogP contribution in [0.3, 0.4) is 0 Å². The van der Waals surface area contributed by atoms with E-state index >= 15 is 0 Å². The smallest absolute Gasteiger partial charge is 0.167 e. The summed E-state index contributed by atoms with van der Waals surface area (Å²) >= 11 is 0. The predicted molar refractivity (Wildman–Crippen MR) is 69.3 cm³/mol. The highest BCUT2D eigenvalue weighted by molar-refractivity contribution is 5.88. The fourth-order valence-electron chi connectivity index (χ4n) is 2.28. The molecule has 0 aliphatic carbocycles. The van der Waals surface area contributed by atoms with Crippen molar-refractivity contribution in [3.8, 4) is 0 Å². The Balaban J connectivity index is 0.00000144. The number of likely N-dealkylation sites (N-methyl/N-ethyl adjacent to an activating group) is 1. The largest absolute Gasteiger partial charge is 0.381 e. The van der Waals surface area contributed by atoms with Gasteiger partial charge in [-0.2, -0.15) is 0 Å². The van der Waals surface area contributed by atoms with Gasteiger partial charge in [0.2, 0.25) is 0 Å². The molecule has 0 aromatic heterocycles. The number of halogens is 1. The Kier molecular flexibility index (Phi) is 4.31. The highest BCUT2D eigenvalue weighted by Gasteiger charge is 2.40. The second-order valence-corrected chi connectivity index (χ2v) is 4.74. The molecule has 94 valence electrons. The third-order valence-corrected chi connectivity index (χ3v) is 3.25. The quantitative estimate of drug-likeness (QED) is 0.832. The van der Waals surface area contributed by atoms with E-state index in [4.69, 9.17) is 0 Å². The molecule has 1 aliphatic heterocycles. The summed E-state index contributed by atoms with van der Waals surface area (Å²) in [5.74, 6) is -0.0700. The van der Waals surface area contributed by atoms with Crippen molar-refractivity contribution < 1.29 is 9.90 Å². The minimum atomic E-state index is -1.19. The Morgan fingerprint density at radius 1 is 1.35 bits per heavy atom. The number of hydrogen-bond acceptors (Lipinski definition) is 3. The maximum Gasteiger partial charge on any atom is 0.167 e. The van der Waals surface area contributed by atoms with Crippen LogP contribution in [0.1, 0.15) is 24.9 Å². The van der Waals surface area contributed by atoms with Crippen molar-refractivity contribution >= 4 is 18.2 Å². The first-order valence-corrected chi connectivity index (χ1v) is 5.51. The van der Waals surface area contributed by atoms with Gasteiger partial charge in [0, 0.05) is 19.0 Å².